The number of carbonyl (C=O) groups excluding carboxylic acids is 1. The van der Waals surface area contributed by atoms with E-state index >= 15 is 0 Å². The van der Waals surface area contributed by atoms with Gasteiger partial charge in [0.25, 0.3) is 0 Å². The second-order valence-electron chi connectivity index (χ2n) is 12.1. The molecule has 3 fully saturated rings. The number of hydrogen-bond acceptors (Lipinski definition) is 4. The SMILES string of the molecule is C[C@]12CC[C@H](OC(=O)C3CCNCC3)CC1=CC[C@@H]1C2CC[C@]2(C)C(c3cccnc3)=CCC12. The zero-order chi connectivity index (χ0) is 23.3. The topological polar surface area (TPSA) is 51.2 Å². The van der Waals surface area contributed by atoms with E-state index in [1.807, 2.05) is 6.20 Å². The second kappa shape index (κ2) is 8.62. The largest absolute Gasteiger partial charge is 0.462 e. The molecule has 2 saturated carbocycles. The van der Waals surface area contributed by atoms with Crippen LogP contribution in [0, 0.1) is 34.5 Å². The Morgan fingerprint density at radius 3 is 2.65 bits per heavy atom. The maximum absolute atomic E-state index is 12.8. The molecule has 0 radical (unpaired) electrons. The Morgan fingerprint density at radius 2 is 1.85 bits per heavy atom. The van der Waals surface area contributed by atoms with Gasteiger partial charge in [0.1, 0.15) is 6.10 Å². The van der Waals surface area contributed by atoms with E-state index in [1.165, 1.54) is 36.8 Å². The molecule has 1 aromatic rings. The standard InChI is InChI=1S/C30H40N2O2/c1-29-13-9-23(34-28(33)20-11-16-31-17-12-20)18-22(29)5-6-24-26-8-7-25(21-4-3-15-32-19-21)30(26,2)14-10-27(24)29/h3-5,7,15,19-20,23-24,26-27,31H,6,8-14,16-18H2,1-2H3/t23-,24-,26?,27?,29-,30+/m0/s1. The molecule has 4 aliphatic carbocycles. The van der Waals surface area contributed by atoms with Crippen LogP contribution in [0.15, 0.2) is 42.3 Å². The smallest absolute Gasteiger partial charge is 0.309 e. The third-order valence-corrected chi connectivity index (χ3v) is 10.6. The Balaban J connectivity index is 1.17. The summed E-state index contributed by atoms with van der Waals surface area (Å²) in [6.07, 6.45) is 19.1. The Labute approximate surface area is 204 Å². The van der Waals surface area contributed by atoms with Crippen LogP contribution >= 0.6 is 0 Å². The number of esters is 1. The Kier molecular flexibility index (Phi) is 5.71. The Hall–Kier alpha value is -1.94. The first-order chi connectivity index (χ1) is 16.5. The van der Waals surface area contributed by atoms with Gasteiger partial charge in [-0.15, -0.1) is 0 Å². The quantitative estimate of drug-likeness (QED) is 0.447. The van der Waals surface area contributed by atoms with Crippen LogP contribution in [0.1, 0.15) is 77.2 Å². The first-order valence-corrected chi connectivity index (χ1v) is 13.7. The summed E-state index contributed by atoms with van der Waals surface area (Å²) in [5.74, 6) is 2.39. The summed E-state index contributed by atoms with van der Waals surface area (Å²) in [5.41, 5.74) is 5.00. The van der Waals surface area contributed by atoms with E-state index in [4.69, 9.17) is 4.74 Å². The minimum atomic E-state index is 0.0535. The fourth-order valence-electron chi connectivity index (χ4n) is 8.58. The van der Waals surface area contributed by atoms with E-state index in [2.05, 4.69) is 54.6 Å². The molecular formula is C30H40N2O2. The van der Waals surface area contributed by atoms with Crippen molar-refractivity contribution >= 4 is 11.5 Å². The van der Waals surface area contributed by atoms with Gasteiger partial charge >= 0.3 is 5.97 Å². The van der Waals surface area contributed by atoms with E-state index in [0.717, 1.165) is 62.9 Å². The molecule has 6 atom stereocenters. The summed E-state index contributed by atoms with van der Waals surface area (Å²) in [7, 11) is 0. The predicted octanol–water partition coefficient (Wildman–Crippen LogP) is 5.95. The average Bonchev–Trinajstić information content (AvgIpc) is 3.22. The maximum Gasteiger partial charge on any atom is 0.309 e. The first kappa shape index (κ1) is 22.5. The Bertz CT molecular complexity index is 994. The van der Waals surface area contributed by atoms with Crippen molar-refractivity contribution in [1.82, 2.24) is 10.3 Å². The van der Waals surface area contributed by atoms with Gasteiger partial charge in [-0.25, -0.2) is 0 Å². The van der Waals surface area contributed by atoms with Crippen molar-refractivity contribution in [1.29, 1.82) is 0 Å². The molecule has 6 rings (SSSR count). The van der Waals surface area contributed by atoms with Gasteiger partial charge in [0.05, 0.1) is 5.92 Å². The van der Waals surface area contributed by atoms with Crippen LogP contribution in [0.3, 0.4) is 0 Å². The molecule has 2 unspecified atom stereocenters. The number of rotatable bonds is 3. The summed E-state index contributed by atoms with van der Waals surface area (Å²) in [6.45, 7) is 6.94. The lowest BCUT2D eigenvalue weighted by Gasteiger charge is -2.58. The zero-order valence-corrected chi connectivity index (χ0v) is 20.9. The highest BCUT2D eigenvalue weighted by molar-refractivity contribution is 5.73. The highest BCUT2D eigenvalue weighted by atomic mass is 16.5. The number of carbonyl (C=O) groups is 1. The normalized spacial score (nSPS) is 39.8. The monoisotopic (exact) mass is 460 g/mol. The molecule has 0 amide bonds. The molecule has 0 aromatic carbocycles. The van der Waals surface area contributed by atoms with Gasteiger partial charge in [0.2, 0.25) is 0 Å². The lowest BCUT2D eigenvalue weighted by molar-refractivity contribution is -0.157. The van der Waals surface area contributed by atoms with Gasteiger partial charge < -0.3 is 10.1 Å². The minimum absolute atomic E-state index is 0.0535. The van der Waals surface area contributed by atoms with Crippen molar-refractivity contribution in [3.8, 4) is 0 Å². The summed E-state index contributed by atoms with van der Waals surface area (Å²) >= 11 is 0. The van der Waals surface area contributed by atoms with Crippen LogP contribution in [0.2, 0.25) is 0 Å². The van der Waals surface area contributed by atoms with Crippen LogP contribution in [-0.2, 0) is 9.53 Å². The van der Waals surface area contributed by atoms with Crippen molar-refractivity contribution in [2.75, 3.05) is 13.1 Å². The number of nitrogens with zero attached hydrogens (tertiary/aromatic N) is 1. The van der Waals surface area contributed by atoms with Gasteiger partial charge in [-0.3, -0.25) is 9.78 Å². The van der Waals surface area contributed by atoms with E-state index in [-0.39, 0.29) is 28.8 Å². The zero-order valence-electron chi connectivity index (χ0n) is 20.9. The van der Waals surface area contributed by atoms with Gasteiger partial charge in [-0.2, -0.15) is 0 Å². The molecule has 0 spiro atoms. The fraction of sp³-hybridized carbons (Fsp3) is 0.667. The van der Waals surface area contributed by atoms with Crippen LogP contribution in [0.25, 0.3) is 5.57 Å². The van der Waals surface area contributed by atoms with Crippen molar-refractivity contribution in [2.24, 2.45) is 34.5 Å². The molecule has 4 nitrogen and oxygen atoms in total. The van der Waals surface area contributed by atoms with Crippen LogP contribution in [0.4, 0.5) is 0 Å². The number of aromatic nitrogens is 1. The Morgan fingerprint density at radius 1 is 1.03 bits per heavy atom. The molecule has 0 bridgehead atoms. The third-order valence-electron chi connectivity index (χ3n) is 10.6. The molecule has 5 aliphatic rings. The third kappa shape index (κ3) is 3.59. The number of hydrogen-bond donors (Lipinski definition) is 1. The molecule has 2 heterocycles. The minimum Gasteiger partial charge on any atom is -0.462 e. The van der Waals surface area contributed by atoms with Gasteiger partial charge in [-0.05, 0) is 110 Å². The maximum atomic E-state index is 12.8. The van der Waals surface area contributed by atoms with Crippen molar-refractivity contribution in [3.05, 3.63) is 47.8 Å². The van der Waals surface area contributed by atoms with Crippen LogP contribution < -0.4 is 5.32 Å². The van der Waals surface area contributed by atoms with Crippen molar-refractivity contribution in [2.45, 2.75) is 77.7 Å². The number of ether oxygens (including phenoxy) is 1. The lowest BCUT2D eigenvalue weighted by atomic mass is 9.47. The predicted molar refractivity (Wildman–Crippen MR) is 135 cm³/mol. The average molecular weight is 461 g/mol. The first-order valence-electron chi connectivity index (χ1n) is 13.7. The molecule has 4 heteroatoms. The van der Waals surface area contributed by atoms with E-state index in [9.17, 15) is 4.79 Å². The summed E-state index contributed by atoms with van der Waals surface area (Å²) in [4.78, 5) is 17.2. The number of piperidine rings is 1. The van der Waals surface area contributed by atoms with E-state index in [0.29, 0.717) is 0 Å². The van der Waals surface area contributed by atoms with Gasteiger partial charge in [-0.1, -0.05) is 37.6 Å². The number of fused-ring (bicyclic) bond motifs is 5. The number of pyridine rings is 1. The lowest BCUT2D eigenvalue weighted by Crippen LogP contribution is -2.50. The molecule has 1 N–H and O–H groups in total. The number of allylic oxidation sites excluding steroid dienone is 3. The van der Waals surface area contributed by atoms with Gasteiger partial charge in [0.15, 0.2) is 0 Å². The highest BCUT2D eigenvalue weighted by Gasteiger charge is 2.57. The van der Waals surface area contributed by atoms with Crippen LogP contribution in [0.5, 0.6) is 0 Å². The number of nitrogens with one attached hydrogen (secondary N) is 1. The molecule has 1 aromatic heterocycles. The molecular weight excluding hydrogens is 420 g/mol. The molecule has 34 heavy (non-hydrogen) atoms. The van der Waals surface area contributed by atoms with E-state index in [1.54, 1.807) is 5.57 Å². The van der Waals surface area contributed by atoms with Crippen molar-refractivity contribution in [3.63, 3.8) is 0 Å². The molecule has 1 saturated heterocycles. The van der Waals surface area contributed by atoms with E-state index < -0.39 is 0 Å². The van der Waals surface area contributed by atoms with Crippen molar-refractivity contribution < 1.29 is 9.53 Å². The summed E-state index contributed by atoms with van der Waals surface area (Å²) in [5, 5.41) is 3.35. The van der Waals surface area contributed by atoms with Gasteiger partial charge in [0, 0.05) is 18.8 Å². The summed E-state index contributed by atoms with van der Waals surface area (Å²) < 4.78 is 6.09. The molecule has 182 valence electrons. The second-order valence-corrected chi connectivity index (χ2v) is 12.1. The molecule has 1 aliphatic heterocycles. The van der Waals surface area contributed by atoms with Crippen LogP contribution in [-0.4, -0.2) is 30.1 Å². The fourth-order valence-corrected chi connectivity index (χ4v) is 8.58. The highest BCUT2D eigenvalue weighted by Crippen LogP contribution is 2.66. The summed E-state index contributed by atoms with van der Waals surface area (Å²) in [6, 6.07) is 4.32.